The van der Waals surface area contributed by atoms with E-state index in [0.29, 0.717) is 28.1 Å². The minimum Gasteiger partial charge on any atom is -0.493 e. The third-order valence-corrected chi connectivity index (χ3v) is 3.69. The zero-order valence-corrected chi connectivity index (χ0v) is 15.0. The monoisotopic (exact) mass is 376 g/mol. The van der Waals surface area contributed by atoms with Crippen LogP contribution in [0.2, 0.25) is 5.02 Å². The third kappa shape index (κ3) is 4.34. The molecule has 0 bridgehead atoms. The lowest BCUT2D eigenvalue weighted by Gasteiger charge is -2.09. The van der Waals surface area contributed by atoms with Crippen LogP contribution in [-0.4, -0.2) is 28.1 Å². The highest BCUT2D eigenvalue weighted by molar-refractivity contribution is 6.30. The van der Waals surface area contributed by atoms with E-state index in [-0.39, 0.29) is 24.8 Å². The minimum absolute atomic E-state index is 0.0929. The van der Waals surface area contributed by atoms with Gasteiger partial charge in [-0.2, -0.15) is 0 Å². The van der Waals surface area contributed by atoms with Gasteiger partial charge in [-0.3, -0.25) is 4.79 Å². The van der Waals surface area contributed by atoms with Crippen molar-refractivity contribution in [2.75, 3.05) is 7.11 Å². The molecule has 0 spiro atoms. The Balaban J connectivity index is 1.56. The summed E-state index contributed by atoms with van der Waals surface area (Å²) in [6.07, 6.45) is 1.69. The van der Waals surface area contributed by atoms with Gasteiger partial charge in [0.1, 0.15) is 12.4 Å². The number of aromatic nitrogens is 3. The normalized spacial score (nSPS) is 10.6. The molecule has 0 aliphatic heterocycles. The molecule has 1 amide bonds. The van der Waals surface area contributed by atoms with Crippen LogP contribution in [0.5, 0.6) is 11.5 Å². The minimum atomic E-state index is -0.363. The molecule has 0 fully saturated rings. The van der Waals surface area contributed by atoms with Gasteiger partial charge in [-0.25, -0.2) is 4.98 Å². The summed E-state index contributed by atoms with van der Waals surface area (Å²) in [5, 5.41) is 7.00. The van der Waals surface area contributed by atoms with E-state index in [1.807, 2.05) is 6.92 Å². The van der Waals surface area contributed by atoms with E-state index >= 15 is 0 Å². The number of imidazole rings is 1. The highest BCUT2D eigenvalue weighted by Crippen LogP contribution is 2.30. The van der Waals surface area contributed by atoms with E-state index in [2.05, 4.69) is 20.4 Å². The molecular weight excluding hydrogens is 360 g/mol. The molecule has 0 unspecified atom stereocenters. The Kier molecular flexibility index (Phi) is 5.43. The number of aromatic amines is 1. The number of hydrogen-bond donors (Lipinski definition) is 2. The lowest BCUT2D eigenvalue weighted by molar-refractivity contribution is 0.0940. The number of nitrogens with one attached hydrogen (secondary N) is 2. The predicted octanol–water partition coefficient (Wildman–Crippen LogP) is 2.88. The van der Waals surface area contributed by atoms with Gasteiger partial charge in [0, 0.05) is 29.0 Å². The quantitative estimate of drug-likeness (QED) is 0.657. The van der Waals surface area contributed by atoms with E-state index in [1.165, 1.54) is 13.2 Å². The van der Waals surface area contributed by atoms with Gasteiger partial charge in [0.15, 0.2) is 23.0 Å². The Morgan fingerprint density at radius 3 is 2.92 bits per heavy atom. The molecule has 3 rings (SSSR count). The summed E-state index contributed by atoms with van der Waals surface area (Å²) < 4.78 is 16.0. The van der Waals surface area contributed by atoms with Crippen molar-refractivity contribution < 1.29 is 18.8 Å². The topological polar surface area (TPSA) is 102 Å². The molecule has 9 heteroatoms. The first-order valence-electron chi connectivity index (χ1n) is 7.76. The number of rotatable bonds is 7. The van der Waals surface area contributed by atoms with Crippen LogP contribution in [0.25, 0.3) is 0 Å². The van der Waals surface area contributed by atoms with Gasteiger partial charge in [-0.05, 0) is 19.1 Å². The summed E-state index contributed by atoms with van der Waals surface area (Å²) in [5.41, 5.74) is 1.09. The standard InChI is InChI=1S/C17H17ClN4O4/c1-10-7-19-16(21-10)8-20-17(23)13-6-12(26-22-13)9-25-14-4-3-11(18)5-15(14)24-2/h3-7H,8-9H2,1-2H3,(H,19,21)(H,20,23). The molecule has 0 saturated carbocycles. The number of methoxy groups -OCH3 is 1. The van der Waals surface area contributed by atoms with Crippen LogP contribution in [0.15, 0.2) is 35.0 Å². The maximum atomic E-state index is 12.1. The summed E-state index contributed by atoms with van der Waals surface area (Å²) in [7, 11) is 1.52. The summed E-state index contributed by atoms with van der Waals surface area (Å²) in [6.45, 7) is 2.25. The fourth-order valence-electron chi connectivity index (χ4n) is 2.21. The van der Waals surface area contributed by atoms with Crippen molar-refractivity contribution in [1.29, 1.82) is 0 Å². The van der Waals surface area contributed by atoms with Gasteiger partial charge >= 0.3 is 0 Å². The number of H-pyrrole nitrogens is 1. The summed E-state index contributed by atoms with van der Waals surface area (Å²) in [6, 6.07) is 6.54. The molecule has 1 aromatic carbocycles. The first-order valence-corrected chi connectivity index (χ1v) is 8.13. The van der Waals surface area contributed by atoms with Crippen molar-refractivity contribution in [3.8, 4) is 11.5 Å². The fourth-order valence-corrected chi connectivity index (χ4v) is 2.37. The second-order valence-corrected chi connectivity index (χ2v) is 5.89. The van der Waals surface area contributed by atoms with Gasteiger partial charge in [0.05, 0.1) is 13.7 Å². The fraction of sp³-hybridized carbons (Fsp3) is 0.235. The van der Waals surface area contributed by atoms with Gasteiger partial charge in [-0.1, -0.05) is 16.8 Å². The molecule has 0 aliphatic rings. The highest BCUT2D eigenvalue weighted by Gasteiger charge is 2.14. The number of benzene rings is 1. The third-order valence-electron chi connectivity index (χ3n) is 3.46. The first kappa shape index (κ1) is 17.8. The van der Waals surface area contributed by atoms with Crippen molar-refractivity contribution in [3.05, 3.63) is 58.5 Å². The lowest BCUT2D eigenvalue weighted by Crippen LogP contribution is -2.23. The summed E-state index contributed by atoms with van der Waals surface area (Å²) >= 11 is 5.91. The van der Waals surface area contributed by atoms with E-state index in [4.69, 9.17) is 25.6 Å². The maximum absolute atomic E-state index is 12.1. The number of halogens is 1. The smallest absolute Gasteiger partial charge is 0.273 e. The van der Waals surface area contributed by atoms with Crippen molar-refractivity contribution in [1.82, 2.24) is 20.4 Å². The van der Waals surface area contributed by atoms with Crippen LogP contribution in [0, 0.1) is 6.92 Å². The second kappa shape index (κ2) is 7.92. The second-order valence-electron chi connectivity index (χ2n) is 5.46. The molecule has 2 aromatic heterocycles. The zero-order valence-electron chi connectivity index (χ0n) is 14.2. The molecule has 8 nitrogen and oxygen atoms in total. The molecule has 0 radical (unpaired) electrons. The molecule has 2 N–H and O–H groups in total. The molecule has 0 aliphatic carbocycles. The maximum Gasteiger partial charge on any atom is 0.273 e. The molecule has 0 saturated heterocycles. The van der Waals surface area contributed by atoms with Crippen molar-refractivity contribution in [3.63, 3.8) is 0 Å². The Labute approximate surface area is 154 Å². The van der Waals surface area contributed by atoms with E-state index < -0.39 is 0 Å². The Morgan fingerprint density at radius 1 is 1.35 bits per heavy atom. The number of ether oxygens (including phenoxy) is 2. The Hall–Kier alpha value is -3.00. The van der Waals surface area contributed by atoms with Crippen LogP contribution >= 0.6 is 11.6 Å². The molecular formula is C17H17ClN4O4. The Morgan fingerprint density at radius 2 is 2.19 bits per heavy atom. The van der Waals surface area contributed by atoms with Crippen LogP contribution in [0.1, 0.15) is 27.8 Å². The van der Waals surface area contributed by atoms with Crippen molar-refractivity contribution >= 4 is 17.5 Å². The highest BCUT2D eigenvalue weighted by atomic mass is 35.5. The molecule has 0 atom stereocenters. The number of amides is 1. The molecule has 136 valence electrons. The van der Waals surface area contributed by atoms with E-state index in [0.717, 1.165) is 5.69 Å². The average Bonchev–Trinajstić information content (AvgIpc) is 3.27. The molecule has 26 heavy (non-hydrogen) atoms. The van der Waals surface area contributed by atoms with Gasteiger partial charge in [0.25, 0.3) is 5.91 Å². The predicted molar refractivity (Wildman–Crippen MR) is 93.3 cm³/mol. The van der Waals surface area contributed by atoms with E-state index in [9.17, 15) is 4.79 Å². The van der Waals surface area contributed by atoms with Crippen LogP contribution in [0.4, 0.5) is 0 Å². The summed E-state index contributed by atoms with van der Waals surface area (Å²) in [5.74, 6) is 1.72. The van der Waals surface area contributed by atoms with Crippen LogP contribution in [0.3, 0.4) is 0 Å². The largest absolute Gasteiger partial charge is 0.493 e. The number of carbonyl (C=O) groups excluding carboxylic acids is 1. The first-order chi connectivity index (χ1) is 12.5. The van der Waals surface area contributed by atoms with Crippen LogP contribution in [-0.2, 0) is 13.2 Å². The zero-order chi connectivity index (χ0) is 18.5. The summed E-state index contributed by atoms with van der Waals surface area (Å²) in [4.78, 5) is 19.2. The molecule has 3 aromatic rings. The van der Waals surface area contributed by atoms with Gasteiger partial charge in [0.2, 0.25) is 0 Å². The SMILES string of the molecule is COc1cc(Cl)ccc1OCc1cc(C(=O)NCc2ncc(C)[nH]2)no1. The Bertz CT molecular complexity index is 906. The van der Waals surface area contributed by atoms with E-state index in [1.54, 1.807) is 24.4 Å². The average molecular weight is 377 g/mol. The number of carbonyl (C=O) groups is 1. The number of nitrogens with zero attached hydrogens (tertiary/aromatic N) is 2. The van der Waals surface area contributed by atoms with Crippen LogP contribution < -0.4 is 14.8 Å². The number of hydrogen-bond acceptors (Lipinski definition) is 6. The van der Waals surface area contributed by atoms with Crippen molar-refractivity contribution in [2.45, 2.75) is 20.1 Å². The van der Waals surface area contributed by atoms with Gasteiger partial charge < -0.3 is 24.3 Å². The lowest BCUT2D eigenvalue weighted by atomic mass is 10.3. The van der Waals surface area contributed by atoms with Gasteiger partial charge in [-0.15, -0.1) is 0 Å². The van der Waals surface area contributed by atoms with Crippen molar-refractivity contribution in [2.24, 2.45) is 0 Å². The number of aryl methyl sites for hydroxylation is 1. The molecule has 2 heterocycles.